The zero-order chi connectivity index (χ0) is 17.2. The van der Waals surface area contributed by atoms with Crippen LogP contribution in [-0.2, 0) is 13.2 Å². The molecular weight excluding hydrogens is 314 g/mol. The summed E-state index contributed by atoms with van der Waals surface area (Å²) >= 11 is 0. The Morgan fingerprint density at radius 1 is 1.12 bits per heavy atom. The Morgan fingerprint density at radius 2 is 2.04 bits per heavy atom. The molecule has 1 aromatic heterocycles. The van der Waals surface area contributed by atoms with Crippen molar-refractivity contribution < 1.29 is 5.11 Å². The van der Waals surface area contributed by atoms with Crippen molar-refractivity contribution in [3.63, 3.8) is 0 Å². The highest BCUT2D eigenvalue weighted by molar-refractivity contribution is 6.15. The van der Waals surface area contributed by atoms with Gasteiger partial charge in [0.05, 0.1) is 18.9 Å². The van der Waals surface area contributed by atoms with Gasteiger partial charge in [0.15, 0.2) is 0 Å². The van der Waals surface area contributed by atoms with E-state index in [0.29, 0.717) is 12.4 Å². The lowest BCUT2D eigenvalue weighted by Crippen LogP contribution is -2.04. The van der Waals surface area contributed by atoms with E-state index in [9.17, 15) is 5.11 Å². The van der Waals surface area contributed by atoms with Crippen LogP contribution in [0.5, 0.6) is 0 Å². The highest BCUT2D eigenvalue weighted by Gasteiger charge is 2.18. The lowest BCUT2D eigenvalue weighted by Gasteiger charge is -2.10. The molecule has 6 nitrogen and oxygen atoms in total. The summed E-state index contributed by atoms with van der Waals surface area (Å²) in [5.74, 6) is 0.875. The van der Waals surface area contributed by atoms with Gasteiger partial charge >= 0.3 is 0 Å². The van der Waals surface area contributed by atoms with Gasteiger partial charge in [-0.05, 0) is 35.4 Å². The fourth-order valence-electron chi connectivity index (χ4n) is 2.92. The first-order valence-corrected chi connectivity index (χ1v) is 7.96. The second kappa shape index (κ2) is 6.33. The molecule has 0 unspecified atom stereocenters. The van der Waals surface area contributed by atoms with Gasteiger partial charge in [0, 0.05) is 23.0 Å². The van der Waals surface area contributed by atoms with Gasteiger partial charge in [0.1, 0.15) is 5.82 Å². The van der Waals surface area contributed by atoms with Crippen LogP contribution in [0.3, 0.4) is 0 Å². The molecule has 25 heavy (non-hydrogen) atoms. The van der Waals surface area contributed by atoms with Crippen LogP contribution in [0.15, 0.2) is 59.7 Å². The number of benzene rings is 2. The Morgan fingerprint density at radius 3 is 2.88 bits per heavy atom. The van der Waals surface area contributed by atoms with Crippen LogP contribution >= 0.6 is 0 Å². The molecule has 2 heterocycles. The molecule has 0 saturated heterocycles. The molecule has 0 amide bonds. The number of fused-ring (bicyclic) bond motifs is 1. The van der Waals surface area contributed by atoms with Crippen molar-refractivity contribution in [3.8, 4) is 0 Å². The molecule has 124 valence electrons. The molecule has 0 radical (unpaired) electrons. The van der Waals surface area contributed by atoms with Crippen LogP contribution in [-0.4, -0.2) is 20.8 Å². The molecule has 6 heteroatoms. The summed E-state index contributed by atoms with van der Waals surface area (Å²) < 4.78 is 0. The molecule has 3 aromatic rings. The number of nitrogens with zero attached hydrogens (tertiary/aromatic N) is 3. The maximum absolute atomic E-state index is 9.36. The van der Waals surface area contributed by atoms with E-state index in [1.807, 2.05) is 30.3 Å². The maximum atomic E-state index is 9.36. The van der Waals surface area contributed by atoms with Crippen molar-refractivity contribution in [2.24, 2.45) is 4.99 Å². The number of rotatable bonds is 4. The van der Waals surface area contributed by atoms with E-state index in [1.165, 1.54) is 5.56 Å². The number of nitrogen functional groups attached to an aromatic ring is 1. The fourth-order valence-corrected chi connectivity index (χ4v) is 2.92. The molecule has 0 bridgehead atoms. The van der Waals surface area contributed by atoms with Crippen LogP contribution < -0.4 is 11.1 Å². The van der Waals surface area contributed by atoms with Gasteiger partial charge in [0.25, 0.3) is 0 Å². The molecule has 0 aliphatic carbocycles. The Bertz CT molecular complexity index is 968. The van der Waals surface area contributed by atoms with Crippen molar-refractivity contribution >= 4 is 23.2 Å². The predicted octanol–water partition coefficient (Wildman–Crippen LogP) is 2.65. The summed E-state index contributed by atoms with van der Waals surface area (Å²) in [5, 5.41) is 12.6. The average molecular weight is 331 g/mol. The monoisotopic (exact) mass is 331 g/mol. The van der Waals surface area contributed by atoms with Crippen molar-refractivity contribution in [2.45, 2.75) is 13.2 Å². The van der Waals surface area contributed by atoms with Crippen molar-refractivity contribution in [2.75, 3.05) is 11.1 Å². The van der Waals surface area contributed by atoms with Crippen LogP contribution in [0.25, 0.3) is 0 Å². The molecule has 1 aliphatic rings. The third-order valence-electron chi connectivity index (χ3n) is 4.10. The van der Waals surface area contributed by atoms with E-state index < -0.39 is 0 Å². The minimum atomic E-state index is 0.0186. The number of nitrogens with one attached hydrogen (secondary N) is 1. The highest BCUT2D eigenvalue weighted by Crippen LogP contribution is 2.27. The number of aliphatic imine (C=N–C) groups is 1. The van der Waals surface area contributed by atoms with Crippen LogP contribution in [0.4, 0.5) is 17.5 Å². The number of anilines is 3. The van der Waals surface area contributed by atoms with E-state index in [0.717, 1.165) is 28.1 Å². The number of aromatic nitrogens is 2. The summed E-state index contributed by atoms with van der Waals surface area (Å²) in [6.45, 7) is 0.680. The number of nitrogens with two attached hydrogens (primary N) is 1. The molecular formula is C19H17N5O. The minimum Gasteiger partial charge on any atom is -0.392 e. The fraction of sp³-hybridized carbons (Fsp3) is 0.105. The van der Waals surface area contributed by atoms with Gasteiger partial charge in [-0.2, -0.15) is 4.98 Å². The van der Waals surface area contributed by atoms with Gasteiger partial charge in [0.2, 0.25) is 5.95 Å². The van der Waals surface area contributed by atoms with Gasteiger partial charge in [-0.25, -0.2) is 4.98 Å². The van der Waals surface area contributed by atoms with E-state index in [-0.39, 0.29) is 12.6 Å². The first-order chi connectivity index (χ1) is 12.2. The zero-order valence-corrected chi connectivity index (χ0v) is 13.5. The topological polar surface area (TPSA) is 96.4 Å². The molecule has 0 fully saturated rings. The number of hydrogen-bond donors (Lipinski definition) is 3. The summed E-state index contributed by atoms with van der Waals surface area (Å²) in [6.07, 6.45) is 1.62. The highest BCUT2D eigenvalue weighted by atomic mass is 16.3. The van der Waals surface area contributed by atoms with E-state index in [2.05, 4.69) is 32.4 Å². The van der Waals surface area contributed by atoms with Crippen LogP contribution in [0.1, 0.15) is 22.3 Å². The largest absolute Gasteiger partial charge is 0.392 e. The lowest BCUT2D eigenvalue weighted by molar-refractivity contribution is 0.282. The Hall–Kier alpha value is -3.25. The summed E-state index contributed by atoms with van der Waals surface area (Å²) in [7, 11) is 0. The van der Waals surface area contributed by atoms with Crippen LogP contribution in [0, 0.1) is 0 Å². The SMILES string of the molecule is Nc1nccc(Nc2ccc3c(c2)C(c2cccc(CO)c2)=NC3)n1. The summed E-state index contributed by atoms with van der Waals surface area (Å²) in [4.78, 5) is 12.7. The van der Waals surface area contributed by atoms with E-state index in [1.54, 1.807) is 12.3 Å². The normalized spacial score (nSPS) is 12.6. The molecule has 0 saturated carbocycles. The lowest BCUT2D eigenvalue weighted by atomic mass is 9.98. The Balaban J connectivity index is 1.67. The molecule has 1 aliphatic heterocycles. The maximum Gasteiger partial charge on any atom is 0.221 e. The van der Waals surface area contributed by atoms with Crippen LogP contribution in [0.2, 0.25) is 0 Å². The van der Waals surface area contributed by atoms with Gasteiger partial charge < -0.3 is 16.2 Å². The quantitative estimate of drug-likeness (QED) is 0.683. The molecule has 2 aromatic carbocycles. The standard InChI is InChI=1S/C19H17N5O/c20-19-21-7-6-17(24-19)23-15-5-4-14-10-22-18(16(14)9-15)13-3-1-2-12(8-13)11-25/h1-9,25H,10-11H2,(H3,20,21,23,24). The average Bonchev–Trinajstić information content (AvgIpc) is 3.05. The summed E-state index contributed by atoms with van der Waals surface area (Å²) in [5.41, 5.74) is 11.6. The number of hydrogen-bond acceptors (Lipinski definition) is 6. The molecule has 0 atom stereocenters. The second-order valence-electron chi connectivity index (χ2n) is 5.82. The molecule has 4 N–H and O–H groups in total. The molecule has 0 spiro atoms. The molecule has 4 rings (SSSR count). The van der Waals surface area contributed by atoms with Crippen molar-refractivity contribution in [3.05, 3.63) is 77.0 Å². The smallest absolute Gasteiger partial charge is 0.221 e. The summed E-state index contributed by atoms with van der Waals surface area (Å²) in [6, 6.07) is 15.7. The third-order valence-corrected chi connectivity index (χ3v) is 4.10. The van der Waals surface area contributed by atoms with Crippen molar-refractivity contribution in [1.82, 2.24) is 9.97 Å². The predicted molar refractivity (Wildman–Crippen MR) is 97.9 cm³/mol. The first kappa shape index (κ1) is 15.3. The number of aliphatic hydroxyl groups is 1. The Labute approximate surface area is 145 Å². The van der Waals surface area contributed by atoms with E-state index >= 15 is 0 Å². The first-order valence-electron chi connectivity index (χ1n) is 7.96. The van der Waals surface area contributed by atoms with Crippen molar-refractivity contribution in [1.29, 1.82) is 0 Å². The van der Waals surface area contributed by atoms with Gasteiger partial charge in [-0.15, -0.1) is 0 Å². The third kappa shape index (κ3) is 3.07. The minimum absolute atomic E-state index is 0.0186. The van der Waals surface area contributed by atoms with E-state index in [4.69, 9.17) is 5.73 Å². The Kier molecular flexibility index (Phi) is 3.87. The van der Waals surface area contributed by atoms with Gasteiger partial charge in [-0.3, -0.25) is 4.99 Å². The number of aliphatic hydroxyl groups excluding tert-OH is 1. The van der Waals surface area contributed by atoms with Gasteiger partial charge in [-0.1, -0.05) is 24.3 Å². The zero-order valence-electron chi connectivity index (χ0n) is 13.5. The second-order valence-corrected chi connectivity index (χ2v) is 5.82.